The first-order chi connectivity index (χ1) is 12.0. The van der Waals surface area contributed by atoms with Gasteiger partial charge in [0.15, 0.2) is 6.61 Å². The lowest BCUT2D eigenvalue weighted by Gasteiger charge is -2.12. The molecule has 0 N–H and O–H groups in total. The number of esters is 1. The average Bonchev–Trinajstić information content (AvgIpc) is 2.85. The molecule has 2 aromatic rings. The van der Waals surface area contributed by atoms with Gasteiger partial charge in [0.1, 0.15) is 12.4 Å². The molecule has 0 fully saturated rings. The smallest absolute Gasteiger partial charge is 0.326 e. The number of amides is 2. The first-order valence-corrected chi connectivity index (χ1v) is 7.37. The SMILES string of the molecule is O=C(CN1C(=O)c2ccccc2C1=O)OCC(=O)c1ccccc1F. The molecule has 2 aromatic carbocycles. The van der Waals surface area contributed by atoms with E-state index in [0.717, 1.165) is 11.0 Å². The Morgan fingerprint density at radius 1 is 0.920 bits per heavy atom. The molecule has 0 radical (unpaired) electrons. The summed E-state index contributed by atoms with van der Waals surface area (Å²) in [6.07, 6.45) is 0. The largest absolute Gasteiger partial charge is 0.456 e. The van der Waals surface area contributed by atoms with E-state index in [0.29, 0.717) is 0 Å². The Morgan fingerprint density at radius 3 is 2.08 bits per heavy atom. The molecule has 2 amide bonds. The average molecular weight is 341 g/mol. The predicted molar refractivity (Wildman–Crippen MR) is 83.5 cm³/mol. The van der Waals surface area contributed by atoms with Gasteiger partial charge in [0.25, 0.3) is 11.8 Å². The highest BCUT2D eigenvalue weighted by Gasteiger charge is 2.36. The van der Waals surface area contributed by atoms with Crippen LogP contribution in [0.4, 0.5) is 4.39 Å². The standard InChI is InChI=1S/C18H12FNO5/c19-14-8-4-3-7-13(14)15(21)10-25-16(22)9-20-17(23)11-5-1-2-6-12(11)18(20)24/h1-8H,9-10H2. The quantitative estimate of drug-likeness (QED) is 0.471. The number of benzene rings is 2. The monoisotopic (exact) mass is 341 g/mol. The van der Waals surface area contributed by atoms with Gasteiger partial charge in [-0.15, -0.1) is 0 Å². The summed E-state index contributed by atoms with van der Waals surface area (Å²) in [4.78, 5) is 48.7. The van der Waals surface area contributed by atoms with Crippen molar-refractivity contribution in [3.05, 3.63) is 71.0 Å². The van der Waals surface area contributed by atoms with E-state index in [2.05, 4.69) is 0 Å². The number of hydrogen-bond acceptors (Lipinski definition) is 5. The van der Waals surface area contributed by atoms with Crippen LogP contribution in [0.5, 0.6) is 0 Å². The van der Waals surface area contributed by atoms with Crippen LogP contribution in [0, 0.1) is 5.82 Å². The van der Waals surface area contributed by atoms with Crippen molar-refractivity contribution >= 4 is 23.6 Å². The first-order valence-electron chi connectivity index (χ1n) is 7.37. The Balaban J connectivity index is 1.61. The zero-order valence-corrected chi connectivity index (χ0v) is 12.9. The lowest BCUT2D eigenvalue weighted by molar-refractivity contribution is -0.142. The molecule has 0 aromatic heterocycles. The van der Waals surface area contributed by atoms with Gasteiger partial charge in [-0.2, -0.15) is 0 Å². The maximum atomic E-state index is 13.5. The van der Waals surface area contributed by atoms with Crippen LogP contribution in [-0.2, 0) is 9.53 Å². The van der Waals surface area contributed by atoms with E-state index in [9.17, 15) is 23.6 Å². The molecule has 0 saturated carbocycles. The topological polar surface area (TPSA) is 80.8 Å². The summed E-state index contributed by atoms with van der Waals surface area (Å²) in [5.74, 6) is -3.56. The van der Waals surface area contributed by atoms with Gasteiger partial charge in [-0.05, 0) is 24.3 Å². The number of nitrogens with zero attached hydrogens (tertiary/aromatic N) is 1. The Hall–Kier alpha value is -3.35. The molecule has 1 aliphatic heterocycles. The molecule has 126 valence electrons. The molecule has 6 nitrogen and oxygen atoms in total. The number of ketones is 1. The second kappa shape index (κ2) is 6.64. The normalized spacial score (nSPS) is 12.9. The molecule has 1 heterocycles. The van der Waals surface area contributed by atoms with Crippen molar-refractivity contribution in [2.75, 3.05) is 13.2 Å². The number of halogens is 1. The van der Waals surface area contributed by atoms with Crippen molar-refractivity contribution in [3.63, 3.8) is 0 Å². The number of carbonyl (C=O) groups excluding carboxylic acids is 4. The highest BCUT2D eigenvalue weighted by Crippen LogP contribution is 2.22. The van der Waals surface area contributed by atoms with Gasteiger partial charge < -0.3 is 4.74 Å². The molecule has 0 unspecified atom stereocenters. The van der Waals surface area contributed by atoms with E-state index in [-0.39, 0.29) is 16.7 Å². The number of rotatable bonds is 5. The number of ether oxygens (including phenoxy) is 1. The third-order valence-electron chi connectivity index (χ3n) is 3.70. The minimum atomic E-state index is -0.931. The lowest BCUT2D eigenvalue weighted by atomic mass is 10.1. The van der Waals surface area contributed by atoms with E-state index >= 15 is 0 Å². The van der Waals surface area contributed by atoms with Gasteiger partial charge in [-0.3, -0.25) is 24.1 Å². The molecule has 0 saturated heterocycles. The molecular formula is C18H12FNO5. The maximum absolute atomic E-state index is 13.5. The van der Waals surface area contributed by atoms with Crippen molar-refractivity contribution in [2.24, 2.45) is 0 Å². The summed E-state index contributed by atoms with van der Waals surface area (Å²) >= 11 is 0. The summed E-state index contributed by atoms with van der Waals surface area (Å²) in [7, 11) is 0. The predicted octanol–water partition coefficient (Wildman–Crippen LogP) is 1.85. The fourth-order valence-electron chi connectivity index (χ4n) is 2.47. The van der Waals surface area contributed by atoms with Gasteiger partial charge >= 0.3 is 5.97 Å². The van der Waals surface area contributed by atoms with Crippen molar-refractivity contribution in [2.45, 2.75) is 0 Å². The second-order valence-corrected chi connectivity index (χ2v) is 5.31. The lowest BCUT2D eigenvalue weighted by Crippen LogP contribution is -2.36. The molecule has 0 aliphatic carbocycles. The minimum Gasteiger partial charge on any atom is -0.456 e. The van der Waals surface area contributed by atoms with Gasteiger partial charge in [0, 0.05) is 0 Å². The van der Waals surface area contributed by atoms with Gasteiger partial charge in [0.2, 0.25) is 5.78 Å². The van der Waals surface area contributed by atoms with Crippen molar-refractivity contribution in [3.8, 4) is 0 Å². The van der Waals surface area contributed by atoms with E-state index in [1.807, 2.05) is 0 Å². The van der Waals surface area contributed by atoms with Crippen LogP contribution >= 0.6 is 0 Å². The third kappa shape index (κ3) is 3.16. The Bertz CT molecular complexity index is 858. The molecule has 0 atom stereocenters. The first kappa shape index (κ1) is 16.5. The number of hydrogen-bond donors (Lipinski definition) is 0. The number of carbonyl (C=O) groups is 4. The van der Waals surface area contributed by atoms with Gasteiger partial charge in [0.05, 0.1) is 16.7 Å². The summed E-state index contributed by atoms with van der Waals surface area (Å²) in [5.41, 5.74) is 0.224. The van der Waals surface area contributed by atoms with Crippen LogP contribution in [0.25, 0.3) is 0 Å². The van der Waals surface area contributed by atoms with Crippen LogP contribution in [0.2, 0.25) is 0 Å². The summed E-state index contributed by atoms with van der Waals surface area (Å²) in [6, 6.07) is 11.5. The molecular weight excluding hydrogens is 329 g/mol. The summed E-state index contributed by atoms with van der Waals surface area (Å²) in [5, 5.41) is 0. The number of imide groups is 1. The zero-order chi connectivity index (χ0) is 18.0. The van der Waals surface area contributed by atoms with Crippen LogP contribution in [0.1, 0.15) is 31.1 Å². The van der Waals surface area contributed by atoms with Crippen molar-refractivity contribution < 1.29 is 28.3 Å². The summed E-state index contributed by atoms with van der Waals surface area (Å²) < 4.78 is 18.3. The van der Waals surface area contributed by atoms with Crippen LogP contribution in [0.15, 0.2) is 48.5 Å². The molecule has 0 spiro atoms. The van der Waals surface area contributed by atoms with Gasteiger partial charge in [-0.25, -0.2) is 4.39 Å². The van der Waals surface area contributed by atoms with Crippen LogP contribution in [0.3, 0.4) is 0 Å². The number of Topliss-reactive ketones (excluding diaryl/α,β-unsaturated/α-hetero) is 1. The van der Waals surface area contributed by atoms with E-state index in [1.54, 1.807) is 12.1 Å². The summed E-state index contributed by atoms with van der Waals surface area (Å²) in [6.45, 7) is -1.29. The van der Waals surface area contributed by atoms with E-state index in [4.69, 9.17) is 4.74 Å². The van der Waals surface area contributed by atoms with Crippen LogP contribution < -0.4 is 0 Å². The van der Waals surface area contributed by atoms with Crippen molar-refractivity contribution in [1.82, 2.24) is 4.90 Å². The highest BCUT2D eigenvalue weighted by atomic mass is 19.1. The zero-order valence-electron chi connectivity index (χ0n) is 12.9. The second-order valence-electron chi connectivity index (χ2n) is 5.31. The fourth-order valence-corrected chi connectivity index (χ4v) is 2.47. The Labute approximate surface area is 141 Å². The molecule has 0 bridgehead atoms. The third-order valence-corrected chi connectivity index (χ3v) is 3.70. The highest BCUT2D eigenvalue weighted by molar-refractivity contribution is 6.22. The minimum absolute atomic E-state index is 0.198. The number of fused-ring (bicyclic) bond motifs is 1. The molecule has 25 heavy (non-hydrogen) atoms. The molecule has 3 rings (SSSR count). The Kier molecular flexibility index (Phi) is 4.38. The molecule has 1 aliphatic rings. The fraction of sp³-hybridized carbons (Fsp3) is 0.111. The molecule has 7 heteroatoms. The van der Waals surface area contributed by atoms with Crippen LogP contribution in [-0.4, -0.2) is 41.6 Å². The van der Waals surface area contributed by atoms with Crippen molar-refractivity contribution in [1.29, 1.82) is 0 Å². The van der Waals surface area contributed by atoms with E-state index < -0.39 is 42.5 Å². The Morgan fingerprint density at radius 2 is 1.48 bits per heavy atom. The maximum Gasteiger partial charge on any atom is 0.326 e. The van der Waals surface area contributed by atoms with Gasteiger partial charge in [-0.1, -0.05) is 24.3 Å². The van der Waals surface area contributed by atoms with E-state index in [1.165, 1.54) is 30.3 Å².